The molecule has 28 heavy (non-hydrogen) atoms. The van der Waals surface area contributed by atoms with E-state index in [9.17, 15) is 18.0 Å². The number of hydrogen-bond acceptors (Lipinski definition) is 7. The Hall–Kier alpha value is -3.11. The normalized spacial score (nSPS) is 12.0. The van der Waals surface area contributed by atoms with E-state index >= 15 is 0 Å². The number of carbonyl (C=O) groups excluding carboxylic acids is 2. The largest absolute Gasteiger partial charge is 0.493 e. The summed E-state index contributed by atoms with van der Waals surface area (Å²) in [7, 11) is -0.918. The van der Waals surface area contributed by atoms with Gasteiger partial charge in [-0.05, 0) is 49.4 Å². The number of sulfonamides is 1. The molecule has 150 valence electrons. The number of rotatable bonds is 7. The highest BCUT2D eigenvalue weighted by Crippen LogP contribution is 2.28. The lowest BCUT2D eigenvalue weighted by Crippen LogP contribution is -2.30. The van der Waals surface area contributed by atoms with Gasteiger partial charge in [-0.1, -0.05) is 0 Å². The van der Waals surface area contributed by atoms with Crippen molar-refractivity contribution in [2.24, 2.45) is 5.14 Å². The Bertz CT molecular complexity index is 972. The highest BCUT2D eigenvalue weighted by atomic mass is 32.2. The third-order valence-electron chi connectivity index (χ3n) is 3.72. The fourth-order valence-corrected chi connectivity index (χ4v) is 2.73. The molecule has 0 aliphatic rings. The summed E-state index contributed by atoms with van der Waals surface area (Å²) >= 11 is 0. The second-order valence-corrected chi connectivity index (χ2v) is 7.24. The van der Waals surface area contributed by atoms with E-state index in [2.05, 4.69) is 5.32 Å². The standard InChI is InChI=1S/C18H20N2O7S/c1-11(17(21)20-13-5-7-14(8-6-13)28(19,23)24)27-18(22)12-4-9-15(25-2)16(10-12)26-3/h4-11H,1-3H3,(H,20,21)(H2,19,23,24)/t11-/m1/s1. The zero-order chi connectivity index (χ0) is 20.9. The van der Waals surface area contributed by atoms with Crippen molar-refractivity contribution in [1.82, 2.24) is 0 Å². The molecule has 0 fully saturated rings. The minimum absolute atomic E-state index is 0.0848. The summed E-state index contributed by atoms with van der Waals surface area (Å²) in [6.45, 7) is 1.41. The number of amides is 1. The van der Waals surface area contributed by atoms with Crippen molar-refractivity contribution in [3.8, 4) is 11.5 Å². The van der Waals surface area contributed by atoms with Crippen LogP contribution in [0.5, 0.6) is 11.5 Å². The van der Waals surface area contributed by atoms with Crippen LogP contribution in [0.4, 0.5) is 5.69 Å². The van der Waals surface area contributed by atoms with Crippen molar-refractivity contribution >= 4 is 27.6 Å². The lowest BCUT2D eigenvalue weighted by atomic mass is 10.2. The molecule has 0 radical (unpaired) electrons. The predicted octanol–water partition coefficient (Wildman–Crippen LogP) is 1.54. The minimum atomic E-state index is -3.82. The lowest BCUT2D eigenvalue weighted by molar-refractivity contribution is -0.123. The Morgan fingerprint density at radius 2 is 1.61 bits per heavy atom. The van der Waals surface area contributed by atoms with Crippen LogP contribution in [0.15, 0.2) is 47.4 Å². The van der Waals surface area contributed by atoms with Crippen molar-refractivity contribution in [2.75, 3.05) is 19.5 Å². The fourth-order valence-electron chi connectivity index (χ4n) is 2.22. The van der Waals surface area contributed by atoms with Gasteiger partial charge >= 0.3 is 5.97 Å². The van der Waals surface area contributed by atoms with Gasteiger partial charge in [-0.15, -0.1) is 0 Å². The van der Waals surface area contributed by atoms with Gasteiger partial charge in [-0.2, -0.15) is 0 Å². The topological polar surface area (TPSA) is 134 Å². The number of ether oxygens (including phenoxy) is 3. The molecule has 10 heteroatoms. The van der Waals surface area contributed by atoms with Crippen LogP contribution in [0.1, 0.15) is 17.3 Å². The van der Waals surface area contributed by atoms with Gasteiger partial charge in [0.25, 0.3) is 5.91 Å². The van der Waals surface area contributed by atoms with Crippen LogP contribution in [0, 0.1) is 0 Å². The molecular weight excluding hydrogens is 388 g/mol. The molecule has 0 unspecified atom stereocenters. The molecule has 0 saturated carbocycles. The molecule has 3 N–H and O–H groups in total. The van der Waals surface area contributed by atoms with E-state index < -0.39 is 28.0 Å². The molecule has 0 aliphatic carbocycles. The maximum Gasteiger partial charge on any atom is 0.339 e. The highest BCUT2D eigenvalue weighted by molar-refractivity contribution is 7.89. The van der Waals surface area contributed by atoms with E-state index in [1.54, 1.807) is 6.07 Å². The summed E-state index contributed by atoms with van der Waals surface area (Å²) in [5.74, 6) is -0.498. The van der Waals surface area contributed by atoms with Crippen LogP contribution in [0.2, 0.25) is 0 Å². The number of nitrogens with one attached hydrogen (secondary N) is 1. The summed E-state index contributed by atoms with van der Waals surface area (Å²) < 4.78 is 37.9. The van der Waals surface area contributed by atoms with Gasteiger partial charge in [0.15, 0.2) is 17.6 Å². The van der Waals surface area contributed by atoms with E-state index in [0.29, 0.717) is 17.2 Å². The molecule has 0 spiro atoms. The molecule has 9 nitrogen and oxygen atoms in total. The molecule has 0 saturated heterocycles. The predicted molar refractivity (Wildman–Crippen MR) is 101 cm³/mol. The summed E-state index contributed by atoms with van der Waals surface area (Å²) in [6, 6.07) is 9.74. The summed E-state index contributed by atoms with van der Waals surface area (Å²) in [4.78, 5) is 24.4. The Morgan fingerprint density at radius 1 is 1.00 bits per heavy atom. The second-order valence-electron chi connectivity index (χ2n) is 5.68. The van der Waals surface area contributed by atoms with E-state index in [4.69, 9.17) is 19.3 Å². The average molecular weight is 408 g/mol. The fraction of sp³-hybridized carbons (Fsp3) is 0.222. The SMILES string of the molecule is COc1ccc(C(=O)O[C@H](C)C(=O)Nc2ccc(S(N)(=O)=O)cc2)cc1OC. The third-order valence-corrected chi connectivity index (χ3v) is 4.65. The van der Waals surface area contributed by atoms with Gasteiger partial charge in [0.1, 0.15) is 0 Å². The number of primary sulfonamides is 1. The van der Waals surface area contributed by atoms with E-state index in [0.717, 1.165) is 0 Å². The molecule has 0 heterocycles. The monoisotopic (exact) mass is 408 g/mol. The first-order chi connectivity index (χ1) is 13.2. The number of benzene rings is 2. The quantitative estimate of drug-likeness (QED) is 0.664. The smallest absolute Gasteiger partial charge is 0.339 e. The van der Waals surface area contributed by atoms with Crippen LogP contribution in [0.25, 0.3) is 0 Å². The summed E-state index contributed by atoms with van der Waals surface area (Å²) in [5, 5.41) is 7.54. The van der Waals surface area contributed by atoms with Crippen LogP contribution in [-0.2, 0) is 19.6 Å². The summed E-state index contributed by atoms with van der Waals surface area (Å²) in [5.41, 5.74) is 0.515. The Balaban J connectivity index is 2.02. The molecular formula is C18H20N2O7S. The van der Waals surface area contributed by atoms with Gasteiger partial charge < -0.3 is 19.5 Å². The molecule has 1 atom stereocenters. The zero-order valence-electron chi connectivity index (χ0n) is 15.5. The summed E-state index contributed by atoms with van der Waals surface area (Å²) in [6.07, 6.45) is -1.10. The average Bonchev–Trinajstić information content (AvgIpc) is 2.66. The van der Waals surface area contributed by atoms with Gasteiger partial charge in [0, 0.05) is 5.69 Å². The van der Waals surface area contributed by atoms with Crippen molar-refractivity contribution in [1.29, 1.82) is 0 Å². The van der Waals surface area contributed by atoms with Gasteiger partial charge in [0.05, 0.1) is 24.7 Å². The molecule has 2 rings (SSSR count). The Kier molecular flexibility index (Phi) is 6.60. The number of nitrogens with two attached hydrogens (primary N) is 1. The molecule has 0 aliphatic heterocycles. The van der Waals surface area contributed by atoms with Crippen molar-refractivity contribution in [2.45, 2.75) is 17.9 Å². The first-order valence-electron chi connectivity index (χ1n) is 8.02. The Morgan fingerprint density at radius 3 is 2.14 bits per heavy atom. The molecule has 1 amide bonds. The van der Waals surface area contributed by atoms with Crippen molar-refractivity contribution in [3.05, 3.63) is 48.0 Å². The Labute approximate surface area is 162 Å². The van der Waals surface area contributed by atoms with E-state index in [-0.39, 0.29) is 10.5 Å². The van der Waals surface area contributed by atoms with Crippen LogP contribution >= 0.6 is 0 Å². The lowest BCUT2D eigenvalue weighted by Gasteiger charge is -2.14. The first-order valence-corrected chi connectivity index (χ1v) is 9.57. The maximum absolute atomic E-state index is 12.3. The molecule has 0 bridgehead atoms. The molecule has 2 aromatic carbocycles. The van der Waals surface area contributed by atoms with Gasteiger partial charge in [-0.25, -0.2) is 18.4 Å². The highest BCUT2D eigenvalue weighted by Gasteiger charge is 2.20. The van der Waals surface area contributed by atoms with Gasteiger partial charge in [-0.3, -0.25) is 4.79 Å². The van der Waals surface area contributed by atoms with Crippen molar-refractivity contribution in [3.63, 3.8) is 0 Å². The van der Waals surface area contributed by atoms with Crippen molar-refractivity contribution < 1.29 is 32.2 Å². The van der Waals surface area contributed by atoms with Crippen LogP contribution < -0.4 is 19.9 Å². The number of anilines is 1. The van der Waals surface area contributed by atoms with Gasteiger partial charge in [0.2, 0.25) is 10.0 Å². The number of methoxy groups -OCH3 is 2. The van der Waals surface area contributed by atoms with E-state index in [1.165, 1.54) is 57.5 Å². The van der Waals surface area contributed by atoms with Crippen LogP contribution in [0.3, 0.4) is 0 Å². The van der Waals surface area contributed by atoms with Crippen LogP contribution in [-0.4, -0.2) is 40.6 Å². The number of hydrogen-bond donors (Lipinski definition) is 2. The molecule has 0 aromatic heterocycles. The maximum atomic E-state index is 12.3. The number of esters is 1. The minimum Gasteiger partial charge on any atom is -0.493 e. The van der Waals surface area contributed by atoms with E-state index in [1.807, 2.05) is 0 Å². The third kappa shape index (κ3) is 5.21. The number of carbonyl (C=O) groups is 2. The first kappa shape index (κ1) is 21.2. The zero-order valence-corrected chi connectivity index (χ0v) is 16.3. The second kappa shape index (κ2) is 8.72. The molecule has 2 aromatic rings.